The van der Waals surface area contributed by atoms with Crippen molar-refractivity contribution in [1.82, 2.24) is 4.90 Å². The summed E-state index contributed by atoms with van der Waals surface area (Å²) in [6.07, 6.45) is 1.58. The zero-order chi connectivity index (χ0) is 24.8. The lowest BCUT2D eigenvalue weighted by molar-refractivity contribution is -0.140. The number of carbonyl (C=O) groups excluding carboxylic acids is 2. The molecular formula is C25H26ClNO7. The summed E-state index contributed by atoms with van der Waals surface area (Å²) < 4.78 is 10.6. The van der Waals surface area contributed by atoms with Crippen molar-refractivity contribution in [2.75, 3.05) is 20.8 Å². The predicted octanol–water partition coefficient (Wildman–Crippen LogP) is 4.42. The second-order valence-electron chi connectivity index (χ2n) is 7.81. The summed E-state index contributed by atoms with van der Waals surface area (Å²) in [5.41, 5.74) is 0.766. The number of benzene rings is 2. The van der Waals surface area contributed by atoms with E-state index in [1.165, 1.54) is 25.2 Å². The van der Waals surface area contributed by atoms with Crippen LogP contribution in [0.25, 0.3) is 5.76 Å². The second-order valence-corrected chi connectivity index (χ2v) is 8.25. The lowest BCUT2D eigenvalue weighted by Gasteiger charge is -2.25. The number of methoxy groups -OCH3 is 2. The molecule has 180 valence electrons. The highest BCUT2D eigenvalue weighted by molar-refractivity contribution is 6.46. The minimum absolute atomic E-state index is 0.0368. The van der Waals surface area contributed by atoms with E-state index in [1.54, 1.807) is 36.4 Å². The quantitative estimate of drug-likeness (QED) is 0.220. The molecule has 0 saturated carbocycles. The molecule has 1 fully saturated rings. The highest BCUT2D eigenvalue weighted by Crippen LogP contribution is 2.42. The number of halogens is 1. The third-order valence-electron chi connectivity index (χ3n) is 5.68. The number of carbonyl (C=O) groups is 3. The van der Waals surface area contributed by atoms with E-state index in [0.29, 0.717) is 41.3 Å². The van der Waals surface area contributed by atoms with E-state index in [9.17, 15) is 19.5 Å². The van der Waals surface area contributed by atoms with Crippen LogP contribution in [-0.4, -0.2) is 53.5 Å². The standard InChI is InChI=1S/C25H26ClNO7/c1-33-17-11-12-19(34-2)18(14-17)23(30)21-22(15-7-9-16(26)10-8-15)27(25(32)24(21)31)13-5-3-4-6-20(28)29/h7-12,14,22,30H,3-6,13H2,1-2H3,(H,28,29)/b23-21+. The van der Waals surface area contributed by atoms with Crippen LogP contribution in [0.15, 0.2) is 48.0 Å². The second kappa shape index (κ2) is 11.1. The zero-order valence-corrected chi connectivity index (χ0v) is 19.7. The molecule has 1 amide bonds. The molecule has 1 saturated heterocycles. The molecule has 2 aromatic carbocycles. The Labute approximate surface area is 202 Å². The molecule has 0 bridgehead atoms. The maximum absolute atomic E-state index is 13.1. The predicted molar refractivity (Wildman–Crippen MR) is 126 cm³/mol. The molecule has 1 unspecified atom stereocenters. The first-order valence-corrected chi connectivity index (χ1v) is 11.1. The summed E-state index contributed by atoms with van der Waals surface area (Å²) in [5, 5.41) is 20.6. The highest BCUT2D eigenvalue weighted by atomic mass is 35.5. The lowest BCUT2D eigenvalue weighted by atomic mass is 9.95. The number of hydrogen-bond acceptors (Lipinski definition) is 6. The highest BCUT2D eigenvalue weighted by Gasteiger charge is 2.46. The van der Waals surface area contributed by atoms with Crippen molar-refractivity contribution in [3.63, 3.8) is 0 Å². The minimum Gasteiger partial charge on any atom is -0.507 e. The van der Waals surface area contributed by atoms with Crippen molar-refractivity contribution in [3.05, 3.63) is 64.2 Å². The number of rotatable bonds is 10. The fourth-order valence-electron chi connectivity index (χ4n) is 3.98. The number of carboxylic acid groups (broad SMARTS) is 1. The normalized spacial score (nSPS) is 17.1. The van der Waals surface area contributed by atoms with Crippen LogP contribution < -0.4 is 9.47 Å². The largest absolute Gasteiger partial charge is 0.507 e. The van der Waals surface area contributed by atoms with Gasteiger partial charge in [-0.05, 0) is 48.7 Å². The van der Waals surface area contributed by atoms with Crippen LogP contribution in [0.1, 0.15) is 42.9 Å². The van der Waals surface area contributed by atoms with Crippen molar-refractivity contribution in [2.24, 2.45) is 0 Å². The average Bonchev–Trinajstić information content (AvgIpc) is 3.08. The van der Waals surface area contributed by atoms with Crippen molar-refractivity contribution < 1.29 is 34.1 Å². The Bertz CT molecular complexity index is 1110. The number of carboxylic acids is 1. The summed E-state index contributed by atoms with van der Waals surface area (Å²) in [4.78, 5) is 38.3. The Morgan fingerprint density at radius 2 is 1.71 bits per heavy atom. The molecule has 8 nitrogen and oxygen atoms in total. The molecular weight excluding hydrogens is 462 g/mol. The lowest BCUT2D eigenvalue weighted by Crippen LogP contribution is -2.30. The molecule has 1 aliphatic rings. The smallest absolute Gasteiger partial charge is 0.303 e. The van der Waals surface area contributed by atoms with Crippen LogP contribution in [0.3, 0.4) is 0 Å². The van der Waals surface area contributed by atoms with Gasteiger partial charge < -0.3 is 24.6 Å². The topological polar surface area (TPSA) is 113 Å². The maximum atomic E-state index is 13.1. The minimum atomic E-state index is -0.881. The van der Waals surface area contributed by atoms with Gasteiger partial charge in [0.25, 0.3) is 11.7 Å². The summed E-state index contributed by atoms with van der Waals surface area (Å²) in [7, 11) is 2.91. The summed E-state index contributed by atoms with van der Waals surface area (Å²) in [6.45, 7) is 0.226. The maximum Gasteiger partial charge on any atom is 0.303 e. The fourth-order valence-corrected chi connectivity index (χ4v) is 4.11. The van der Waals surface area contributed by atoms with Crippen LogP contribution in [0, 0.1) is 0 Å². The summed E-state index contributed by atoms with van der Waals surface area (Å²) in [6, 6.07) is 10.6. The van der Waals surface area contributed by atoms with Crippen molar-refractivity contribution >= 4 is 35.0 Å². The van der Waals surface area contributed by atoms with Gasteiger partial charge in [0, 0.05) is 18.0 Å². The Morgan fingerprint density at radius 3 is 2.32 bits per heavy atom. The van der Waals surface area contributed by atoms with E-state index in [0.717, 1.165) is 0 Å². The van der Waals surface area contributed by atoms with Gasteiger partial charge in [0.15, 0.2) is 0 Å². The zero-order valence-electron chi connectivity index (χ0n) is 18.9. The van der Waals surface area contributed by atoms with Gasteiger partial charge in [0.05, 0.1) is 31.4 Å². The number of likely N-dealkylation sites (tertiary alicyclic amines) is 1. The van der Waals surface area contributed by atoms with Gasteiger partial charge >= 0.3 is 5.97 Å². The molecule has 1 aliphatic heterocycles. The number of ether oxygens (including phenoxy) is 2. The molecule has 0 spiro atoms. The van der Waals surface area contributed by atoms with Gasteiger partial charge in [0.1, 0.15) is 17.3 Å². The third kappa shape index (κ3) is 5.34. The van der Waals surface area contributed by atoms with Gasteiger partial charge in [-0.2, -0.15) is 0 Å². The molecule has 0 aliphatic carbocycles. The number of nitrogens with zero attached hydrogens (tertiary/aromatic N) is 1. The van der Waals surface area contributed by atoms with Crippen molar-refractivity contribution in [1.29, 1.82) is 0 Å². The molecule has 1 atom stereocenters. The van der Waals surface area contributed by atoms with Crippen molar-refractivity contribution in [3.8, 4) is 11.5 Å². The molecule has 9 heteroatoms. The van der Waals surface area contributed by atoms with E-state index in [2.05, 4.69) is 0 Å². The number of unbranched alkanes of at least 4 members (excludes halogenated alkanes) is 2. The number of hydrogen-bond donors (Lipinski definition) is 2. The Hall–Kier alpha value is -3.52. The molecule has 2 N–H and O–H groups in total. The van der Waals surface area contributed by atoms with E-state index in [1.807, 2.05) is 0 Å². The van der Waals surface area contributed by atoms with Crippen LogP contribution in [0.2, 0.25) is 5.02 Å². The Balaban J connectivity index is 2.06. The molecule has 1 heterocycles. The average molecular weight is 488 g/mol. The monoisotopic (exact) mass is 487 g/mol. The first kappa shape index (κ1) is 25.1. The van der Waals surface area contributed by atoms with Crippen LogP contribution in [0.4, 0.5) is 0 Å². The molecule has 0 radical (unpaired) electrons. The fraction of sp³-hybridized carbons (Fsp3) is 0.320. The van der Waals surface area contributed by atoms with Crippen molar-refractivity contribution in [2.45, 2.75) is 31.7 Å². The van der Waals surface area contributed by atoms with E-state index in [4.69, 9.17) is 26.2 Å². The molecule has 2 aromatic rings. The first-order chi connectivity index (χ1) is 16.3. The van der Waals surface area contributed by atoms with Crippen LogP contribution in [-0.2, 0) is 14.4 Å². The molecule has 3 rings (SSSR count). The van der Waals surface area contributed by atoms with Gasteiger partial charge in [0.2, 0.25) is 0 Å². The Kier molecular flexibility index (Phi) is 8.17. The number of aliphatic carboxylic acids is 1. The first-order valence-electron chi connectivity index (χ1n) is 10.8. The van der Waals surface area contributed by atoms with Gasteiger partial charge in [-0.15, -0.1) is 0 Å². The van der Waals surface area contributed by atoms with Crippen LogP contribution in [0.5, 0.6) is 11.5 Å². The van der Waals surface area contributed by atoms with Gasteiger partial charge in [-0.3, -0.25) is 14.4 Å². The van der Waals surface area contributed by atoms with E-state index >= 15 is 0 Å². The number of aliphatic hydroxyl groups is 1. The molecule has 0 aromatic heterocycles. The Morgan fingerprint density at radius 1 is 1.00 bits per heavy atom. The van der Waals surface area contributed by atoms with E-state index < -0.39 is 23.7 Å². The number of ketones is 1. The van der Waals surface area contributed by atoms with Gasteiger partial charge in [-0.25, -0.2) is 0 Å². The molecule has 34 heavy (non-hydrogen) atoms. The SMILES string of the molecule is COc1ccc(OC)c(/C(O)=C2\C(=O)C(=O)N(CCCCCC(=O)O)C2c2ccc(Cl)cc2)c1. The van der Waals surface area contributed by atoms with E-state index in [-0.39, 0.29) is 29.9 Å². The van der Waals surface area contributed by atoms with Gasteiger partial charge in [-0.1, -0.05) is 30.2 Å². The number of aliphatic hydroxyl groups excluding tert-OH is 1. The number of amides is 1. The number of Topliss-reactive ketones (excluding diaryl/α,β-unsaturated/α-hetero) is 1. The van der Waals surface area contributed by atoms with Crippen LogP contribution >= 0.6 is 11.6 Å². The third-order valence-corrected chi connectivity index (χ3v) is 5.93. The summed E-state index contributed by atoms with van der Waals surface area (Å²) >= 11 is 6.04. The summed E-state index contributed by atoms with van der Waals surface area (Å²) in [5.74, 6) is -2.04.